The standard InChI is InChI=1S/C22H25Cl2N3O6/c1-6-32-16-9-8-14(24)20(33-7-2)19(16)27-26-18(12(3)28)22(29)25-15-10-13(23)11-17(30-4)21(15)31-5/h8-11,18H,6-7H2,1-5H3,(H,25,29). The number of Topliss-reactive ketones (excluding diaryl/α,β-unsaturated/α-hetero) is 1. The molecule has 0 aliphatic heterocycles. The summed E-state index contributed by atoms with van der Waals surface area (Å²) in [5, 5.41) is 11.3. The molecule has 1 amide bonds. The van der Waals surface area contributed by atoms with E-state index in [1.807, 2.05) is 0 Å². The maximum absolute atomic E-state index is 12.9. The molecule has 178 valence electrons. The van der Waals surface area contributed by atoms with Crippen LogP contribution in [0.2, 0.25) is 10.0 Å². The molecule has 1 N–H and O–H groups in total. The first-order valence-corrected chi connectivity index (χ1v) is 10.7. The molecular formula is C22H25Cl2N3O6. The van der Waals surface area contributed by atoms with Crippen LogP contribution in [-0.2, 0) is 9.59 Å². The molecule has 2 rings (SSSR count). The zero-order valence-corrected chi connectivity index (χ0v) is 20.4. The Morgan fingerprint density at radius 3 is 2.27 bits per heavy atom. The lowest BCUT2D eigenvalue weighted by molar-refractivity contribution is -0.126. The van der Waals surface area contributed by atoms with Crippen molar-refractivity contribution in [2.24, 2.45) is 10.2 Å². The summed E-state index contributed by atoms with van der Waals surface area (Å²) in [5.74, 6) is -0.158. The van der Waals surface area contributed by atoms with Gasteiger partial charge in [0.1, 0.15) is 0 Å². The van der Waals surface area contributed by atoms with Crippen LogP contribution in [0.25, 0.3) is 0 Å². The van der Waals surface area contributed by atoms with Crippen LogP contribution in [0.5, 0.6) is 23.0 Å². The molecule has 0 aliphatic carbocycles. The molecule has 11 heteroatoms. The Morgan fingerprint density at radius 1 is 1.00 bits per heavy atom. The van der Waals surface area contributed by atoms with E-state index in [9.17, 15) is 9.59 Å². The van der Waals surface area contributed by atoms with E-state index in [4.69, 9.17) is 42.1 Å². The monoisotopic (exact) mass is 497 g/mol. The van der Waals surface area contributed by atoms with Gasteiger partial charge in [0, 0.05) is 11.1 Å². The van der Waals surface area contributed by atoms with E-state index in [1.54, 1.807) is 26.0 Å². The number of ketones is 1. The number of nitrogens with zero attached hydrogens (tertiary/aromatic N) is 2. The molecule has 33 heavy (non-hydrogen) atoms. The maximum Gasteiger partial charge on any atom is 0.258 e. The van der Waals surface area contributed by atoms with Gasteiger partial charge in [0.15, 0.2) is 34.5 Å². The quantitative estimate of drug-likeness (QED) is 0.324. The molecule has 0 saturated heterocycles. The number of hydrogen-bond donors (Lipinski definition) is 1. The van der Waals surface area contributed by atoms with Gasteiger partial charge >= 0.3 is 0 Å². The van der Waals surface area contributed by atoms with Gasteiger partial charge in [0.2, 0.25) is 6.04 Å². The van der Waals surface area contributed by atoms with Crippen molar-refractivity contribution < 1.29 is 28.5 Å². The summed E-state index contributed by atoms with van der Waals surface area (Å²) in [5.41, 5.74) is 0.383. The molecule has 0 saturated carbocycles. The van der Waals surface area contributed by atoms with Crippen LogP contribution in [0, 0.1) is 0 Å². The average Bonchev–Trinajstić information content (AvgIpc) is 2.77. The number of azo groups is 1. The summed E-state index contributed by atoms with van der Waals surface area (Å²) < 4.78 is 21.7. The van der Waals surface area contributed by atoms with Gasteiger partial charge in [-0.15, -0.1) is 5.11 Å². The number of hydrogen-bond acceptors (Lipinski definition) is 8. The predicted octanol–water partition coefficient (Wildman–Crippen LogP) is 5.49. The number of carbonyl (C=O) groups is 2. The van der Waals surface area contributed by atoms with E-state index in [1.165, 1.54) is 33.3 Å². The second kappa shape index (κ2) is 12.3. The minimum Gasteiger partial charge on any atom is -0.493 e. The van der Waals surface area contributed by atoms with Gasteiger partial charge in [-0.05, 0) is 39.0 Å². The first-order chi connectivity index (χ1) is 15.8. The van der Waals surface area contributed by atoms with Gasteiger partial charge in [0.25, 0.3) is 5.91 Å². The molecule has 0 radical (unpaired) electrons. The predicted molar refractivity (Wildman–Crippen MR) is 126 cm³/mol. The molecule has 0 aromatic heterocycles. The molecule has 1 atom stereocenters. The van der Waals surface area contributed by atoms with Gasteiger partial charge in [0.05, 0.1) is 38.1 Å². The Balaban J connectivity index is 2.44. The first kappa shape index (κ1) is 26.2. The lowest BCUT2D eigenvalue weighted by Crippen LogP contribution is -2.32. The summed E-state index contributed by atoms with van der Waals surface area (Å²) in [6.07, 6.45) is 0. The van der Waals surface area contributed by atoms with Crippen LogP contribution in [0.3, 0.4) is 0 Å². The number of methoxy groups -OCH3 is 2. The Kier molecular flexibility index (Phi) is 9.74. The van der Waals surface area contributed by atoms with Crippen LogP contribution < -0.4 is 24.3 Å². The van der Waals surface area contributed by atoms with E-state index < -0.39 is 17.7 Å². The van der Waals surface area contributed by atoms with E-state index in [2.05, 4.69) is 15.5 Å². The Labute approximate surface area is 202 Å². The van der Waals surface area contributed by atoms with E-state index in [0.29, 0.717) is 29.7 Å². The van der Waals surface area contributed by atoms with Crippen molar-refractivity contribution in [1.82, 2.24) is 0 Å². The second-order valence-corrected chi connectivity index (χ2v) is 7.34. The number of carbonyl (C=O) groups excluding carboxylic acids is 2. The lowest BCUT2D eigenvalue weighted by Gasteiger charge is -2.16. The number of rotatable bonds is 11. The molecular weight excluding hydrogens is 473 g/mol. The first-order valence-electron chi connectivity index (χ1n) is 9.99. The number of nitrogens with one attached hydrogen (secondary N) is 1. The largest absolute Gasteiger partial charge is 0.493 e. The number of amides is 1. The highest BCUT2D eigenvalue weighted by atomic mass is 35.5. The Morgan fingerprint density at radius 2 is 1.70 bits per heavy atom. The molecule has 0 spiro atoms. The molecule has 2 aromatic rings. The fraction of sp³-hybridized carbons (Fsp3) is 0.364. The summed E-state index contributed by atoms with van der Waals surface area (Å²) in [4.78, 5) is 25.2. The molecule has 0 aliphatic rings. The SMILES string of the molecule is CCOc1ccc(Cl)c(OCC)c1N=NC(C(C)=O)C(=O)Nc1cc(Cl)cc(OC)c1OC. The van der Waals surface area contributed by atoms with Crippen molar-refractivity contribution in [3.8, 4) is 23.0 Å². The average molecular weight is 498 g/mol. The summed E-state index contributed by atoms with van der Waals surface area (Å²) >= 11 is 12.3. The maximum atomic E-state index is 12.9. The van der Waals surface area contributed by atoms with Crippen LogP contribution in [-0.4, -0.2) is 45.2 Å². The van der Waals surface area contributed by atoms with Crippen molar-refractivity contribution in [3.63, 3.8) is 0 Å². The number of ether oxygens (including phenoxy) is 4. The third-order valence-electron chi connectivity index (χ3n) is 4.24. The Hall–Kier alpha value is -3.04. The van der Waals surface area contributed by atoms with Crippen LogP contribution in [0.15, 0.2) is 34.5 Å². The van der Waals surface area contributed by atoms with Crippen molar-refractivity contribution in [2.45, 2.75) is 26.8 Å². The van der Waals surface area contributed by atoms with Gasteiger partial charge in [-0.1, -0.05) is 23.2 Å². The number of benzene rings is 2. The molecule has 0 fully saturated rings. The molecule has 0 bridgehead atoms. The van der Waals surface area contributed by atoms with Crippen LogP contribution in [0.1, 0.15) is 20.8 Å². The van der Waals surface area contributed by atoms with Crippen molar-refractivity contribution in [3.05, 3.63) is 34.3 Å². The summed E-state index contributed by atoms with van der Waals surface area (Å²) in [6.45, 7) is 5.47. The van der Waals surface area contributed by atoms with Gasteiger partial charge in [-0.25, -0.2) is 0 Å². The fourth-order valence-corrected chi connectivity index (χ4v) is 3.25. The van der Waals surface area contributed by atoms with Gasteiger partial charge in [-0.2, -0.15) is 5.11 Å². The Bertz CT molecular complexity index is 1050. The minimum absolute atomic E-state index is 0.173. The van der Waals surface area contributed by atoms with Crippen LogP contribution >= 0.6 is 23.2 Å². The highest BCUT2D eigenvalue weighted by Crippen LogP contribution is 2.43. The zero-order chi connectivity index (χ0) is 24.5. The van der Waals surface area contributed by atoms with Gasteiger partial charge < -0.3 is 24.3 Å². The topological polar surface area (TPSA) is 108 Å². The second-order valence-electron chi connectivity index (χ2n) is 6.50. The molecule has 1 unspecified atom stereocenters. The smallest absolute Gasteiger partial charge is 0.258 e. The van der Waals surface area contributed by atoms with Crippen molar-refractivity contribution in [2.75, 3.05) is 32.8 Å². The zero-order valence-electron chi connectivity index (χ0n) is 18.9. The van der Waals surface area contributed by atoms with Crippen molar-refractivity contribution >= 4 is 46.3 Å². The summed E-state index contributed by atoms with van der Waals surface area (Å²) in [7, 11) is 2.84. The number of anilines is 1. The number of halogens is 2. The van der Waals surface area contributed by atoms with E-state index >= 15 is 0 Å². The molecule has 9 nitrogen and oxygen atoms in total. The fourth-order valence-electron chi connectivity index (χ4n) is 2.84. The highest BCUT2D eigenvalue weighted by molar-refractivity contribution is 6.32. The third kappa shape index (κ3) is 6.49. The normalized spacial score (nSPS) is 11.7. The van der Waals surface area contributed by atoms with Gasteiger partial charge in [-0.3, -0.25) is 9.59 Å². The van der Waals surface area contributed by atoms with Crippen molar-refractivity contribution in [1.29, 1.82) is 0 Å². The summed E-state index contributed by atoms with van der Waals surface area (Å²) in [6, 6.07) is 4.73. The molecule has 0 heterocycles. The van der Waals surface area contributed by atoms with Crippen LogP contribution in [0.4, 0.5) is 11.4 Å². The highest BCUT2D eigenvalue weighted by Gasteiger charge is 2.26. The lowest BCUT2D eigenvalue weighted by atomic mass is 10.2. The minimum atomic E-state index is -1.47. The van der Waals surface area contributed by atoms with E-state index in [-0.39, 0.29) is 27.9 Å². The third-order valence-corrected chi connectivity index (χ3v) is 4.76. The molecule has 2 aromatic carbocycles. The van der Waals surface area contributed by atoms with E-state index in [0.717, 1.165) is 0 Å².